The van der Waals surface area contributed by atoms with Gasteiger partial charge in [0.05, 0.1) is 12.3 Å². The maximum Gasteiger partial charge on any atom is 0.237 e. The van der Waals surface area contributed by atoms with E-state index >= 15 is 0 Å². The SMILES string of the molecule is CCc1ccc(-c2noc(CSc3nnnn3Cc3ccccc3)n2)cc1. The number of tetrazole rings is 1. The van der Waals surface area contributed by atoms with Crippen LogP contribution in [0, 0.1) is 0 Å². The smallest absolute Gasteiger partial charge is 0.237 e. The molecule has 7 nitrogen and oxygen atoms in total. The molecular weight excluding hydrogens is 360 g/mol. The third-order valence-electron chi connectivity index (χ3n) is 4.09. The summed E-state index contributed by atoms with van der Waals surface area (Å²) in [5, 5.41) is 16.7. The number of thioether (sulfide) groups is 1. The van der Waals surface area contributed by atoms with Gasteiger partial charge in [0.2, 0.25) is 16.9 Å². The summed E-state index contributed by atoms with van der Waals surface area (Å²) in [4.78, 5) is 4.47. The third-order valence-corrected chi connectivity index (χ3v) is 5.03. The lowest BCUT2D eigenvalue weighted by Crippen LogP contribution is -2.03. The van der Waals surface area contributed by atoms with Crippen LogP contribution in [0.1, 0.15) is 23.9 Å². The Morgan fingerprint density at radius 3 is 2.59 bits per heavy atom. The van der Waals surface area contributed by atoms with Crippen molar-refractivity contribution in [3.63, 3.8) is 0 Å². The molecule has 0 atom stereocenters. The molecule has 0 bridgehead atoms. The predicted octanol–water partition coefficient (Wildman–Crippen LogP) is 3.63. The van der Waals surface area contributed by atoms with Crippen molar-refractivity contribution in [2.45, 2.75) is 30.8 Å². The van der Waals surface area contributed by atoms with Gasteiger partial charge < -0.3 is 4.52 Å². The lowest BCUT2D eigenvalue weighted by Gasteiger charge is -2.03. The van der Waals surface area contributed by atoms with Crippen molar-refractivity contribution in [1.82, 2.24) is 30.3 Å². The van der Waals surface area contributed by atoms with E-state index in [1.165, 1.54) is 17.3 Å². The van der Waals surface area contributed by atoms with Crippen LogP contribution in [0.15, 0.2) is 64.3 Å². The quantitative estimate of drug-likeness (QED) is 0.454. The maximum absolute atomic E-state index is 5.37. The summed E-state index contributed by atoms with van der Waals surface area (Å²) in [6.45, 7) is 2.75. The number of aryl methyl sites for hydroxylation is 1. The van der Waals surface area contributed by atoms with E-state index in [-0.39, 0.29) is 0 Å². The summed E-state index contributed by atoms with van der Waals surface area (Å²) in [5.41, 5.74) is 3.37. The van der Waals surface area contributed by atoms with E-state index in [9.17, 15) is 0 Å². The van der Waals surface area contributed by atoms with Gasteiger partial charge in [0, 0.05) is 5.56 Å². The van der Waals surface area contributed by atoms with Gasteiger partial charge in [-0.15, -0.1) is 5.10 Å². The molecule has 8 heteroatoms. The van der Waals surface area contributed by atoms with Crippen LogP contribution in [0.4, 0.5) is 0 Å². The summed E-state index contributed by atoms with van der Waals surface area (Å²) in [6.07, 6.45) is 1.01. The normalized spacial score (nSPS) is 11.0. The van der Waals surface area contributed by atoms with Crippen molar-refractivity contribution >= 4 is 11.8 Å². The van der Waals surface area contributed by atoms with Crippen LogP contribution in [0.3, 0.4) is 0 Å². The first-order chi connectivity index (χ1) is 13.3. The molecule has 0 amide bonds. The second-order valence-electron chi connectivity index (χ2n) is 5.96. The van der Waals surface area contributed by atoms with Gasteiger partial charge in [-0.05, 0) is 28.0 Å². The molecule has 0 aliphatic heterocycles. The molecular formula is C19H18N6OS. The van der Waals surface area contributed by atoms with Crippen molar-refractivity contribution in [1.29, 1.82) is 0 Å². The zero-order valence-electron chi connectivity index (χ0n) is 14.8. The van der Waals surface area contributed by atoms with E-state index in [4.69, 9.17) is 4.52 Å². The summed E-state index contributed by atoms with van der Waals surface area (Å²) in [6, 6.07) is 18.3. The number of nitrogens with zero attached hydrogens (tertiary/aromatic N) is 6. The molecule has 136 valence electrons. The van der Waals surface area contributed by atoms with Crippen LogP contribution < -0.4 is 0 Å². The fourth-order valence-corrected chi connectivity index (χ4v) is 3.32. The van der Waals surface area contributed by atoms with Gasteiger partial charge in [0.15, 0.2) is 0 Å². The van der Waals surface area contributed by atoms with E-state index in [0.29, 0.717) is 29.2 Å². The van der Waals surface area contributed by atoms with Gasteiger partial charge in [0.25, 0.3) is 0 Å². The Bertz CT molecular complexity index is 996. The van der Waals surface area contributed by atoms with Crippen molar-refractivity contribution in [3.8, 4) is 11.4 Å². The minimum atomic E-state index is 0.509. The lowest BCUT2D eigenvalue weighted by atomic mass is 10.1. The first kappa shape index (κ1) is 17.4. The zero-order valence-corrected chi connectivity index (χ0v) is 15.6. The highest BCUT2D eigenvalue weighted by atomic mass is 32.2. The first-order valence-corrected chi connectivity index (χ1v) is 9.65. The highest BCUT2D eigenvalue weighted by molar-refractivity contribution is 7.98. The largest absolute Gasteiger partial charge is 0.338 e. The van der Waals surface area contributed by atoms with E-state index in [0.717, 1.165) is 17.5 Å². The van der Waals surface area contributed by atoms with Crippen LogP contribution in [-0.2, 0) is 18.7 Å². The molecule has 27 heavy (non-hydrogen) atoms. The molecule has 0 fully saturated rings. The molecule has 0 saturated carbocycles. The van der Waals surface area contributed by atoms with Crippen molar-refractivity contribution in [3.05, 3.63) is 71.6 Å². The highest BCUT2D eigenvalue weighted by Gasteiger charge is 2.12. The first-order valence-electron chi connectivity index (χ1n) is 8.66. The zero-order chi connectivity index (χ0) is 18.5. The monoisotopic (exact) mass is 378 g/mol. The average Bonchev–Trinajstić information content (AvgIpc) is 3.37. The molecule has 2 aromatic carbocycles. The van der Waals surface area contributed by atoms with Gasteiger partial charge in [-0.25, -0.2) is 4.68 Å². The number of rotatable bonds is 7. The highest BCUT2D eigenvalue weighted by Crippen LogP contribution is 2.22. The second-order valence-corrected chi connectivity index (χ2v) is 6.90. The predicted molar refractivity (Wildman–Crippen MR) is 102 cm³/mol. The average molecular weight is 378 g/mol. The van der Waals surface area contributed by atoms with E-state index < -0.39 is 0 Å². The standard InChI is InChI=1S/C19H18N6OS/c1-2-14-8-10-16(11-9-14)18-20-17(26-22-18)13-27-19-21-23-24-25(19)12-15-6-4-3-5-7-15/h3-11H,2,12-13H2,1H3. The maximum atomic E-state index is 5.37. The van der Waals surface area contributed by atoms with Crippen LogP contribution in [0.25, 0.3) is 11.4 Å². The van der Waals surface area contributed by atoms with Crippen LogP contribution in [0.2, 0.25) is 0 Å². The second kappa shape index (κ2) is 8.13. The fourth-order valence-electron chi connectivity index (χ4n) is 2.60. The molecule has 4 rings (SSSR count). The summed E-state index contributed by atoms with van der Waals surface area (Å²) in [7, 11) is 0. The number of benzene rings is 2. The molecule has 0 aliphatic carbocycles. The van der Waals surface area contributed by atoms with Crippen LogP contribution in [0.5, 0.6) is 0 Å². The molecule has 2 heterocycles. The Balaban J connectivity index is 1.41. The van der Waals surface area contributed by atoms with E-state index in [1.54, 1.807) is 4.68 Å². The number of hydrogen-bond acceptors (Lipinski definition) is 7. The van der Waals surface area contributed by atoms with E-state index in [2.05, 4.69) is 44.7 Å². The van der Waals surface area contributed by atoms with Crippen LogP contribution in [-0.4, -0.2) is 30.3 Å². The minimum absolute atomic E-state index is 0.509. The molecule has 0 unspecified atom stereocenters. The molecule has 0 saturated heterocycles. The molecule has 2 aromatic heterocycles. The molecule has 0 spiro atoms. The number of aromatic nitrogens is 6. The van der Waals surface area contributed by atoms with Gasteiger partial charge in [-0.2, -0.15) is 4.98 Å². The molecule has 0 radical (unpaired) electrons. The van der Waals surface area contributed by atoms with Gasteiger partial charge >= 0.3 is 0 Å². The Labute approximate surface area is 160 Å². The van der Waals surface area contributed by atoms with Gasteiger partial charge in [-0.1, -0.05) is 78.4 Å². The molecule has 0 N–H and O–H groups in total. The Kier molecular flexibility index (Phi) is 5.24. The van der Waals surface area contributed by atoms with E-state index in [1.807, 2.05) is 42.5 Å². The lowest BCUT2D eigenvalue weighted by molar-refractivity contribution is 0.391. The van der Waals surface area contributed by atoms with Crippen molar-refractivity contribution in [2.75, 3.05) is 0 Å². The molecule has 4 aromatic rings. The molecule has 0 aliphatic rings. The number of hydrogen-bond donors (Lipinski definition) is 0. The fraction of sp³-hybridized carbons (Fsp3) is 0.211. The summed E-state index contributed by atoms with van der Waals surface area (Å²) >= 11 is 1.47. The van der Waals surface area contributed by atoms with Crippen molar-refractivity contribution in [2.24, 2.45) is 0 Å². The van der Waals surface area contributed by atoms with Gasteiger partial charge in [-0.3, -0.25) is 0 Å². The van der Waals surface area contributed by atoms with Crippen molar-refractivity contribution < 1.29 is 4.52 Å². The third kappa shape index (κ3) is 4.22. The summed E-state index contributed by atoms with van der Waals surface area (Å²) < 4.78 is 7.14. The topological polar surface area (TPSA) is 82.5 Å². The Morgan fingerprint density at radius 1 is 1.00 bits per heavy atom. The minimum Gasteiger partial charge on any atom is -0.338 e. The Hall–Kier alpha value is -3.00. The summed E-state index contributed by atoms with van der Waals surface area (Å²) in [5.74, 6) is 1.65. The Morgan fingerprint density at radius 2 is 1.81 bits per heavy atom. The van der Waals surface area contributed by atoms with Crippen LogP contribution >= 0.6 is 11.8 Å². The van der Waals surface area contributed by atoms with Gasteiger partial charge in [0.1, 0.15) is 0 Å².